The molecule has 5 N–H and O–H groups in total. The van der Waals surface area contributed by atoms with Crippen molar-refractivity contribution in [3.05, 3.63) is 89.6 Å². The van der Waals surface area contributed by atoms with Crippen LogP contribution < -0.4 is 11.1 Å². The van der Waals surface area contributed by atoms with Gasteiger partial charge in [0.05, 0.1) is 13.1 Å². The molecule has 35 heavy (non-hydrogen) atoms. The molecular weight excluding hydrogens is 495 g/mol. The Morgan fingerprint density at radius 2 is 1.46 bits per heavy atom. The molecule has 14 heteroatoms. The molecule has 2 rings (SSSR count). The first-order chi connectivity index (χ1) is 16.4. The summed E-state index contributed by atoms with van der Waals surface area (Å²) in [5, 5.41) is 24.9. The Bertz CT molecular complexity index is 1200. The molecule has 0 aliphatic carbocycles. The van der Waals surface area contributed by atoms with Crippen LogP contribution >= 0.6 is 23.2 Å². The second kappa shape index (κ2) is 13.7. The van der Waals surface area contributed by atoms with Crippen molar-refractivity contribution in [2.75, 3.05) is 0 Å². The number of carbonyl (C=O) groups excluding carboxylic acids is 1. The molecule has 0 radical (unpaired) electrons. The first kappa shape index (κ1) is 29.1. The zero-order chi connectivity index (χ0) is 26.6. The number of ether oxygens (including phenoxy) is 1. The smallest absolute Gasteiger partial charge is 0.413 e. The van der Waals surface area contributed by atoms with Crippen LogP contribution in [-0.4, -0.2) is 23.4 Å². The first-order valence-electron chi connectivity index (χ1n) is 9.89. The summed E-state index contributed by atoms with van der Waals surface area (Å²) in [5.74, 6) is -0.163. The molecule has 0 heterocycles. The number of halogens is 2. The quantitative estimate of drug-likeness (QED) is 0.112. The SMILES string of the molecule is CC(C)(C)OC(=O)NC(=N)c1ccc(CN=[N+]=[N-])c(Cl)c1.[N-]=[N+]=NCc1ccc(C(=N)N)cc1Cl. The number of benzene rings is 2. The molecule has 0 atom stereocenters. The van der Waals surface area contributed by atoms with Crippen LogP contribution in [-0.2, 0) is 17.8 Å². The van der Waals surface area contributed by atoms with Crippen LogP contribution in [0.3, 0.4) is 0 Å². The van der Waals surface area contributed by atoms with Gasteiger partial charge in [-0.15, -0.1) is 0 Å². The van der Waals surface area contributed by atoms with Crippen molar-refractivity contribution in [3.8, 4) is 0 Å². The highest BCUT2D eigenvalue weighted by Crippen LogP contribution is 2.20. The summed E-state index contributed by atoms with van der Waals surface area (Å²) in [7, 11) is 0. The molecule has 0 saturated heterocycles. The Hall–Kier alpha value is -3.95. The number of nitrogen functional groups attached to an aromatic ring is 1. The molecule has 2 aromatic carbocycles. The van der Waals surface area contributed by atoms with Crippen molar-refractivity contribution in [1.29, 1.82) is 10.8 Å². The van der Waals surface area contributed by atoms with Crippen molar-refractivity contribution in [2.45, 2.75) is 39.5 Å². The zero-order valence-corrected chi connectivity index (χ0v) is 20.7. The van der Waals surface area contributed by atoms with E-state index in [2.05, 4.69) is 25.4 Å². The maximum Gasteiger partial charge on any atom is 0.413 e. The summed E-state index contributed by atoms with van der Waals surface area (Å²) in [6, 6.07) is 9.69. The normalized spacial score (nSPS) is 9.97. The lowest BCUT2D eigenvalue weighted by molar-refractivity contribution is 0.0563. The molecule has 0 bridgehead atoms. The van der Waals surface area contributed by atoms with Crippen LogP contribution in [0.15, 0.2) is 46.6 Å². The fraction of sp³-hybridized carbons (Fsp3) is 0.286. The third-order valence-electron chi connectivity index (χ3n) is 3.94. The van der Waals surface area contributed by atoms with E-state index >= 15 is 0 Å². The maximum absolute atomic E-state index is 11.6. The number of hydrogen-bond acceptors (Lipinski definition) is 6. The van der Waals surface area contributed by atoms with Gasteiger partial charge in [0.15, 0.2) is 0 Å². The van der Waals surface area contributed by atoms with Crippen LogP contribution in [0.5, 0.6) is 0 Å². The summed E-state index contributed by atoms with van der Waals surface area (Å²) < 4.78 is 5.06. The molecule has 0 unspecified atom stereocenters. The van der Waals surface area contributed by atoms with E-state index in [4.69, 9.17) is 55.6 Å². The highest BCUT2D eigenvalue weighted by atomic mass is 35.5. The largest absolute Gasteiger partial charge is 0.444 e. The van der Waals surface area contributed by atoms with Gasteiger partial charge < -0.3 is 10.5 Å². The van der Waals surface area contributed by atoms with Gasteiger partial charge in [0.1, 0.15) is 17.3 Å². The summed E-state index contributed by atoms with van der Waals surface area (Å²) in [6.45, 7) is 5.53. The number of carbonyl (C=O) groups is 1. The number of amides is 1. The number of rotatable bonds is 6. The van der Waals surface area contributed by atoms with Gasteiger partial charge in [0, 0.05) is 31.0 Å². The summed E-state index contributed by atoms with van der Waals surface area (Å²) in [4.78, 5) is 16.9. The fourth-order valence-electron chi connectivity index (χ4n) is 2.37. The van der Waals surface area contributed by atoms with Crippen molar-refractivity contribution in [1.82, 2.24) is 5.32 Å². The van der Waals surface area contributed by atoms with E-state index in [0.717, 1.165) is 5.56 Å². The Balaban J connectivity index is 0.000000379. The Kier molecular flexibility index (Phi) is 11.4. The molecule has 0 saturated carbocycles. The number of nitrogens with two attached hydrogens (primary N) is 1. The number of nitrogens with one attached hydrogen (secondary N) is 3. The monoisotopic (exact) mass is 518 g/mol. The number of alkyl carbamates (subject to hydrolysis) is 1. The minimum absolute atomic E-state index is 0.0396. The summed E-state index contributed by atoms with van der Waals surface area (Å²) in [6.07, 6.45) is -0.707. The van der Waals surface area contributed by atoms with Gasteiger partial charge >= 0.3 is 6.09 Å². The van der Waals surface area contributed by atoms with Crippen molar-refractivity contribution in [3.63, 3.8) is 0 Å². The lowest BCUT2D eigenvalue weighted by Gasteiger charge is -2.19. The molecule has 0 aliphatic heterocycles. The van der Waals surface area contributed by atoms with E-state index in [0.29, 0.717) is 26.7 Å². The predicted molar refractivity (Wildman–Crippen MR) is 136 cm³/mol. The van der Waals surface area contributed by atoms with Crippen LogP contribution in [0.4, 0.5) is 4.79 Å². The third kappa shape index (κ3) is 10.7. The standard InChI is InChI=1S/C13H16ClN5O2.C8H8ClN5/c1-13(2,3)21-12(20)18-11(15)8-4-5-9(7-17-19-16)10(14)6-8;9-7-3-5(8(10)11)1-2-6(7)4-13-14-12/h4-6H,7H2,1-3H3,(H2,15,18,20);1-3H,4H2,(H3,10,11). The fourth-order valence-corrected chi connectivity index (χ4v) is 2.85. The third-order valence-corrected chi connectivity index (χ3v) is 4.64. The van der Waals surface area contributed by atoms with E-state index in [-0.39, 0.29) is 24.8 Å². The number of nitrogens with zero attached hydrogens (tertiary/aromatic N) is 6. The van der Waals surface area contributed by atoms with Gasteiger partial charge in [-0.25, -0.2) is 4.79 Å². The van der Waals surface area contributed by atoms with Crippen molar-refractivity contribution < 1.29 is 9.53 Å². The van der Waals surface area contributed by atoms with Gasteiger partial charge in [-0.2, -0.15) is 0 Å². The molecule has 12 nitrogen and oxygen atoms in total. The van der Waals surface area contributed by atoms with Crippen LogP contribution in [0.25, 0.3) is 20.9 Å². The van der Waals surface area contributed by atoms with Gasteiger partial charge in [-0.05, 0) is 55.1 Å². The lowest BCUT2D eigenvalue weighted by atomic mass is 10.1. The second-order valence-corrected chi connectivity index (χ2v) is 8.62. The van der Waals surface area contributed by atoms with E-state index in [1.54, 1.807) is 51.1 Å². The van der Waals surface area contributed by atoms with Crippen LogP contribution in [0, 0.1) is 10.8 Å². The average molecular weight is 519 g/mol. The Labute approximate surface area is 211 Å². The van der Waals surface area contributed by atoms with E-state index in [1.807, 2.05) is 0 Å². The van der Waals surface area contributed by atoms with Gasteiger partial charge in [0.2, 0.25) is 0 Å². The van der Waals surface area contributed by atoms with E-state index in [9.17, 15) is 4.79 Å². The average Bonchev–Trinajstić information content (AvgIpc) is 2.76. The Morgan fingerprint density at radius 1 is 1.00 bits per heavy atom. The highest BCUT2D eigenvalue weighted by Gasteiger charge is 2.17. The zero-order valence-electron chi connectivity index (χ0n) is 19.2. The molecule has 184 valence electrons. The number of azide groups is 2. The van der Waals surface area contributed by atoms with Crippen LogP contribution in [0.1, 0.15) is 43.0 Å². The van der Waals surface area contributed by atoms with Gasteiger partial charge in [0.25, 0.3) is 0 Å². The Morgan fingerprint density at radius 3 is 1.86 bits per heavy atom. The molecule has 0 fully saturated rings. The molecular formula is C21H24Cl2N10O2. The van der Waals surface area contributed by atoms with Gasteiger partial charge in [-0.1, -0.05) is 57.7 Å². The predicted octanol–water partition coefficient (Wildman–Crippen LogP) is 6.43. The molecule has 1 amide bonds. The molecule has 2 aromatic rings. The number of amidine groups is 2. The van der Waals surface area contributed by atoms with Gasteiger partial charge in [-0.3, -0.25) is 16.1 Å². The molecule has 0 aliphatic rings. The topological polar surface area (TPSA) is 210 Å². The summed E-state index contributed by atoms with van der Waals surface area (Å²) >= 11 is 11.9. The van der Waals surface area contributed by atoms with Crippen LogP contribution in [0.2, 0.25) is 10.0 Å². The lowest BCUT2D eigenvalue weighted by Crippen LogP contribution is -2.36. The second-order valence-electron chi connectivity index (χ2n) is 7.81. The van der Waals surface area contributed by atoms with E-state index in [1.165, 1.54) is 6.07 Å². The maximum atomic E-state index is 11.6. The molecule has 0 aromatic heterocycles. The number of hydrogen-bond donors (Lipinski definition) is 4. The first-order valence-corrected chi connectivity index (χ1v) is 10.7. The van der Waals surface area contributed by atoms with Crippen molar-refractivity contribution >= 4 is 41.0 Å². The van der Waals surface area contributed by atoms with E-state index < -0.39 is 11.7 Å². The minimum atomic E-state index is -0.707. The molecule has 0 spiro atoms. The minimum Gasteiger partial charge on any atom is -0.444 e. The summed E-state index contributed by atoms with van der Waals surface area (Å²) in [5.41, 5.74) is 23.4. The highest BCUT2D eigenvalue weighted by molar-refractivity contribution is 6.32. The van der Waals surface area contributed by atoms with Crippen molar-refractivity contribution in [2.24, 2.45) is 16.0 Å².